The van der Waals surface area contributed by atoms with E-state index in [4.69, 9.17) is 16.3 Å². The molecule has 0 aromatic rings. The fraction of sp³-hybridized carbons (Fsp3) is 0.900. The standard InChI is InChI=1S/C10H16ClNO2/c1-7-4-9(7)10(13)12-2-3-14-8(5-11)6-12/h7-9H,2-6H2,1H3. The third kappa shape index (κ3) is 2.04. The number of nitrogens with zero attached hydrogens (tertiary/aromatic N) is 1. The number of amides is 1. The molecule has 1 aliphatic heterocycles. The van der Waals surface area contributed by atoms with Crippen LogP contribution < -0.4 is 0 Å². The summed E-state index contributed by atoms with van der Waals surface area (Å²) in [5.41, 5.74) is 0. The van der Waals surface area contributed by atoms with Crippen molar-refractivity contribution in [3.8, 4) is 0 Å². The lowest BCUT2D eigenvalue weighted by molar-refractivity contribution is -0.139. The van der Waals surface area contributed by atoms with Crippen LogP contribution in [-0.2, 0) is 9.53 Å². The molecule has 2 fully saturated rings. The molecule has 1 amide bonds. The highest BCUT2D eigenvalue weighted by Gasteiger charge is 2.42. The van der Waals surface area contributed by atoms with E-state index in [2.05, 4.69) is 6.92 Å². The maximum Gasteiger partial charge on any atom is 0.226 e. The van der Waals surface area contributed by atoms with Gasteiger partial charge in [-0.25, -0.2) is 0 Å². The number of halogens is 1. The highest BCUT2D eigenvalue weighted by molar-refractivity contribution is 6.18. The number of carbonyl (C=O) groups excluding carboxylic acids is 1. The Labute approximate surface area is 89.4 Å². The molecule has 3 unspecified atom stereocenters. The molecule has 1 heterocycles. The normalized spacial score (nSPS) is 37.0. The molecule has 0 radical (unpaired) electrons. The van der Waals surface area contributed by atoms with Gasteiger partial charge in [0.05, 0.1) is 18.6 Å². The van der Waals surface area contributed by atoms with Gasteiger partial charge in [-0.1, -0.05) is 6.92 Å². The summed E-state index contributed by atoms with van der Waals surface area (Å²) < 4.78 is 5.41. The molecule has 3 nitrogen and oxygen atoms in total. The van der Waals surface area contributed by atoms with Gasteiger partial charge in [0, 0.05) is 19.0 Å². The van der Waals surface area contributed by atoms with E-state index in [-0.39, 0.29) is 12.0 Å². The Balaban J connectivity index is 1.87. The monoisotopic (exact) mass is 217 g/mol. The van der Waals surface area contributed by atoms with E-state index in [1.807, 2.05) is 4.90 Å². The second kappa shape index (κ2) is 4.07. The van der Waals surface area contributed by atoms with E-state index < -0.39 is 0 Å². The molecule has 0 aromatic heterocycles. The number of alkyl halides is 1. The van der Waals surface area contributed by atoms with E-state index in [0.717, 1.165) is 13.0 Å². The predicted molar refractivity (Wildman–Crippen MR) is 54.3 cm³/mol. The van der Waals surface area contributed by atoms with Gasteiger partial charge >= 0.3 is 0 Å². The molecule has 1 saturated carbocycles. The van der Waals surface area contributed by atoms with Crippen LogP contribution in [0.3, 0.4) is 0 Å². The van der Waals surface area contributed by atoms with Gasteiger partial charge in [-0.15, -0.1) is 11.6 Å². The van der Waals surface area contributed by atoms with Crippen LogP contribution in [0.2, 0.25) is 0 Å². The minimum Gasteiger partial charge on any atom is -0.373 e. The quantitative estimate of drug-likeness (QED) is 0.649. The summed E-state index contributed by atoms with van der Waals surface area (Å²) in [6.07, 6.45) is 1.09. The van der Waals surface area contributed by atoms with Gasteiger partial charge in [0.25, 0.3) is 0 Å². The molecular formula is C10H16ClNO2. The van der Waals surface area contributed by atoms with Crippen LogP contribution in [-0.4, -0.2) is 42.5 Å². The zero-order chi connectivity index (χ0) is 10.1. The average molecular weight is 218 g/mol. The first-order chi connectivity index (χ1) is 6.72. The van der Waals surface area contributed by atoms with Crippen LogP contribution in [0.4, 0.5) is 0 Å². The van der Waals surface area contributed by atoms with Gasteiger partial charge in [-0.3, -0.25) is 4.79 Å². The molecule has 1 aliphatic carbocycles. The van der Waals surface area contributed by atoms with E-state index in [9.17, 15) is 4.79 Å². The molecule has 4 heteroatoms. The van der Waals surface area contributed by atoms with Gasteiger partial charge < -0.3 is 9.64 Å². The third-order valence-electron chi connectivity index (χ3n) is 3.05. The summed E-state index contributed by atoms with van der Waals surface area (Å²) in [6, 6.07) is 0. The molecule has 0 N–H and O–H groups in total. The molecule has 0 aromatic carbocycles. The van der Waals surface area contributed by atoms with Crippen LogP contribution >= 0.6 is 11.6 Å². The van der Waals surface area contributed by atoms with E-state index in [1.165, 1.54) is 0 Å². The summed E-state index contributed by atoms with van der Waals surface area (Å²) in [4.78, 5) is 13.8. The summed E-state index contributed by atoms with van der Waals surface area (Å²) in [5, 5.41) is 0. The van der Waals surface area contributed by atoms with Crippen LogP contribution in [0.25, 0.3) is 0 Å². The van der Waals surface area contributed by atoms with Crippen molar-refractivity contribution in [3.05, 3.63) is 0 Å². The molecule has 80 valence electrons. The van der Waals surface area contributed by atoms with Gasteiger partial charge in [0.2, 0.25) is 5.91 Å². The SMILES string of the molecule is CC1CC1C(=O)N1CCOC(CCl)C1. The first-order valence-electron chi connectivity index (χ1n) is 5.18. The van der Waals surface area contributed by atoms with Crippen molar-refractivity contribution in [2.24, 2.45) is 11.8 Å². The second-order valence-electron chi connectivity index (χ2n) is 4.25. The van der Waals surface area contributed by atoms with Gasteiger partial charge in [0.15, 0.2) is 0 Å². The maximum absolute atomic E-state index is 11.9. The Morgan fingerprint density at radius 1 is 1.64 bits per heavy atom. The lowest BCUT2D eigenvalue weighted by Crippen LogP contribution is -2.47. The zero-order valence-electron chi connectivity index (χ0n) is 8.41. The Morgan fingerprint density at radius 3 is 2.93 bits per heavy atom. The molecule has 2 rings (SSSR count). The second-order valence-corrected chi connectivity index (χ2v) is 4.56. The zero-order valence-corrected chi connectivity index (χ0v) is 9.17. The van der Waals surface area contributed by atoms with Crippen molar-refractivity contribution < 1.29 is 9.53 Å². The Bertz CT molecular complexity index is 234. The third-order valence-corrected chi connectivity index (χ3v) is 3.39. The van der Waals surface area contributed by atoms with E-state index in [0.29, 0.717) is 30.9 Å². The summed E-state index contributed by atoms with van der Waals surface area (Å²) in [5.74, 6) is 1.64. The van der Waals surface area contributed by atoms with Gasteiger partial charge in [-0.05, 0) is 12.3 Å². The Hall–Kier alpha value is -0.280. The topological polar surface area (TPSA) is 29.5 Å². The molecule has 14 heavy (non-hydrogen) atoms. The fourth-order valence-electron chi connectivity index (χ4n) is 1.91. The smallest absolute Gasteiger partial charge is 0.226 e. The Kier molecular flexibility index (Phi) is 2.98. The number of carbonyl (C=O) groups is 1. The number of rotatable bonds is 2. The molecular weight excluding hydrogens is 202 g/mol. The minimum absolute atomic E-state index is 0.0309. The van der Waals surface area contributed by atoms with Crippen molar-refractivity contribution in [3.63, 3.8) is 0 Å². The first-order valence-corrected chi connectivity index (χ1v) is 5.72. The number of hydrogen-bond donors (Lipinski definition) is 0. The van der Waals surface area contributed by atoms with Crippen LogP contribution in [0.1, 0.15) is 13.3 Å². The molecule has 0 bridgehead atoms. The van der Waals surface area contributed by atoms with Crippen molar-refractivity contribution in [1.29, 1.82) is 0 Å². The maximum atomic E-state index is 11.9. The number of ether oxygens (including phenoxy) is 1. The highest BCUT2D eigenvalue weighted by Crippen LogP contribution is 2.39. The van der Waals surface area contributed by atoms with Crippen LogP contribution in [0.5, 0.6) is 0 Å². The average Bonchev–Trinajstić information content (AvgIpc) is 2.94. The number of morpholine rings is 1. The molecule has 2 aliphatic rings. The van der Waals surface area contributed by atoms with Crippen molar-refractivity contribution in [1.82, 2.24) is 4.90 Å². The summed E-state index contributed by atoms with van der Waals surface area (Å²) >= 11 is 5.71. The van der Waals surface area contributed by atoms with Crippen molar-refractivity contribution >= 4 is 17.5 Å². The van der Waals surface area contributed by atoms with Crippen molar-refractivity contribution in [2.45, 2.75) is 19.4 Å². The van der Waals surface area contributed by atoms with Crippen LogP contribution in [0.15, 0.2) is 0 Å². The lowest BCUT2D eigenvalue weighted by atomic mass is 10.2. The lowest BCUT2D eigenvalue weighted by Gasteiger charge is -2.32. The minimum atomic E-state index is 0.0309. The molecule has 0 spiro atoms. The number of hydrogen-bond acceptors (Lipinski definition) is 2. The first kappa shape index (κ1) is 10.2. The largest absolute Gasteiger partial charge is 0.373 e. The van der Waals surface area contributed by atoms with E-state index in [1.54, 1.807) is 0 Å². The summed E-state index contributed by atoms with van der Waals surface area (Å²) in [6.45, 7) is 4.16. The highest BCUT2D eigenvalue weighted by atomic mass is 35.5. The molecule has 3 atom stereocenters. The van der Waals surface area contributed by atoms with Gasteiger partial charge in [-0.2, -0.15) is 0 Å². The predicted octanol–water partition coefficient (Wildman–Crippen LogP) is 1.11. The van der Waals surface area contributed by atoms with Crippen molar-refractivity contribution in [2.75, 3.05) is 25.6 Å². The summed E-state index contributed by atoms with van der Waals surface area (Å²) in [7, 11) is 0. The van der Waals surface area contributed by atoms with E-state index >= 15 is 0 Å². The Morgan fingerprint density at radius 2 is 2.36 bits per heavy atom. The van der Waals surface area contributed by atoms with Crippen LogP contribution in [0, 0.1) is 11.8 Å². The van der Waals surface area contributed by atoms with Gasteiger partial charge in [0.1, 0.15) is 0 Å². The fourth-order valence-corrected chi connectivity index (χ4v) is 2.10. The molecule has 1 saturated heterocycles.